The lowest BCUT2D eigenvalue weighted by Gasteiger charge is -2.35. The van der Waals surface area contributed by atoms with Crippen LogP contribution in [0.25, 0.3) is 0 Å². The van der Waals surface area contributed by atoms with E-state index in [1.54, 1.807) is 6.92 Å². The quantitative estimate of drug-likeness (QED) is 0.721. The van der Waals surface area contributed by atoms with Crippen molar-refractivity contribution < 1.29 is 10.6 Å². The van der Waals surface area contributed by atoms with Crippen LogP contribution in [0.5, 0.6) is 6.01 Å². The highest BCUT2D eigenvalue weighted by molar-refractivity contribution is 7.49. The van der Waals surface area contributed by atoms with Crippen molar-refractivity contribution in [2.24, 2.45) is 5.92 Å². The summed E-state index contributed by atoms with van der Waals surface area (Å²) in [6.07, 6.45) is 2.03. The molecular formula is C18H30N3O3P. The van der Waals surface area contributed by atoms with E-state index in [0.717, 1.165) is 6.42 Å². The first-order valence-corrected chi connectivity index (χ1v) is 10.7. The first-order valence-electron chi connectivity index (χ1n) is 9.62. The van der Waals surface area contributed by atoms with Crippen molar-refractivity contribution in [1.29, 1.82) is 0 Å². The van der Waals surface area contributed by atoms with Gasteiger partial charge in [-0.15, -0.1) is 0 Å². The zero-order valence-electron chi connectivity index (χ0n) is 17.0. The molecule has 1 aliphatic carbocycles. The van der Waals surface area contributed by atoms with Crippen LogP contribution in [-0.4, -0.2) is 45.7 Å². The second-order valence-electron chi connectivity index (χ2n) is 7.58. The second-order valence-corrected chi connectivity index (χ2v) is 9.23. The van der Waals surface area contributed by atoms with Crippen LogP contribution in [0.3, 0.4) is 0 Å². The Balaban J connectivity index is 1.66. The van der Waals surface area contributed by atoms with Gasteiger partial charge in [0.2, 0.25) is 0 Å². The van der Waals surface area contributed by atoms with Gasteiger partial charge in [-0.2, -0.15) is 4.98 Å². The molecule has 5 atom stereocenters. The molecule has 1 aromatic rings. The average Bonchev–Trinajstić information content (AvgIpc) is 3.02. The van der Waals surface area contributed by atoms with Gasteiger partial charge in [0.1, 0.15) is 14.4 Å². The first-order chi connectivity index (χ1) is 12.2. The molecule has 0 N–H and O–H groups in total. The van der Waals surface area contributed by atoms with Crippen LogP contribution in [-0.2, 0) is 4.52 Å². The summed E-state index contributed by atoms with van der Waals surface area (Å²) in [7, 11) is -0.686. The summed E-state index contributed by atoms with van der Waals surface area (Å²) in [6.45, 7) is 13.2. The lowest BCUT2D eigenvalue weighted by atomic mass is 10.1. The molecule has 7 heteroatoms. The van der Waals surface area contributed by atoms with Crippen LogP contribution in [0.1, 0.15) is 53.5 Å². The Hall–Kier alpha value is -0.970. The maximum Gasteiger partial charge on any atom is 0.300 e. The Kier molecular flexibility index (Phi) is 5.12. The van der Waals surface area contributed by atoms with E-state index >= 15 is 0 Å². The standard InChI is InChI=1S/C18H30N3O3P/c1-11(2)21(12(3)4)25(6)23-10-14-7-15-16(8-14)24-18-19-17(22)13(5)9-20(15)18/h9,11-12,14-16H,7-8,10H2,1-6H3/t14-,15+,16+,25?/m0/s1/i8D/t8?,14-,15+,16+,25?. The molecule has 3 rings (SSSR count). The van der Waals surface area contributed by atoms with Crippen molar-refractivity contribution in [2.75, 3.05) is 13.3 Å². The number of aryl methyl sites for hydroxylation is 1. The van der Waals surface area contributed by atoms with Gasteiger partial charge in [-0.25, -0.2) is 0 Å². The summed E-state index contributed by atoms with van der Waals surface area (Å²) >= 11 is 0. The van der Waals surface area contributed by atoms with Gasteiger partial charge in [0, 0.05) is 25.2 Å². The van der Waals surface area contributed by atoms with Gasteiger partial charge in [0.25, 0.3) is 11.6 Å². The molecule has 2 aliphatic rings. The molecule has 0 bridgehead atoms. The van der Waals surface area contributed by atoms with E-state index in [2.05, 4.69) is 44.0 Å². The molecule has 6 nitrogen and oxygen atoms in total. The molecule has 0 spiro atoms. The molecule has 1 saturated carbocycles. The largest absolute Gasteiger partial charge is 0.459 e. The second kappa shape index (κ2) is 7.34. The van der Waals surface area contributed by atoms with Crippen LogP contribution in [0.4, 0.5) is 0 Å². The minimum atomic E-state index is -0.686. The van der Waals surface area contributed by atoms with E-state index in [9.17, 15) is 4.79 Å². The Bertz CT molecular complexity index is 703. The average molecular weight is 368 g/mol. The van der Waals surface area contributed by atoms with E-state index < -0.39 is 8.30 Å². The number of rotatable bonds is 6. The van der Waals surface area contributed by atoms with Crippen molar-refractivity contribution >= 4 is 8.30 Å². The van der Waals surface area contributed by atoms with E-state index in [0.29, 0.717) is 30.3 Å². The Morgan fingerprint density at radius 2 is 2.16 bits per heavy atom. The highest BCUT2D eigenvalue weighted by atomic mass is 31.2. The van der Waals surface area contributed by atoms with Crippen LogP contribution in [0.2, 0.25) is 0 Å². The summed E-state index contributed by atoms with van der Waals surface area (Å²) in [4.78, 5) is 15.7. The van der Waals surface area contributed by atoms with Gasteiger partial charge in [-0.1, -0.05) is 0 Å². The fourth-order valence-electron chi connectivity index (χ4n) is 3.95. The zero-order valence-corrected chi connectivity index (χ0v) is 16.9. The van der Waals surface area contributed by atoms with E-state index in [1.165, 1.54) is 0 Å². The highest BCUT2D eigenvalue weighted by Gasteiger charge is 2.43. The number of hydrogen-bond donors (Lipinski definition) is 0. The molecule has 1 aromatic heterocycles. The smallest absolute Gasteiger partial charge is 0.300 e. The molecule has 0 aromatic carbocycles. The summed E-state index contributed by atoms with van der Waals surface area (Å²) in [6, 6.07) is 1.29. The number of fused-ring (bicyclic) bond motifs is 3. The van der Waals surface area contributed by atoms with Crippen LogP contribution in [0, 0.1) is 12.8 Å². The molecule has 2 unspecified atom stereocenters. The maximum absolute atomic E-state index is 11.7. The van der Waals surface area contributed by atoms with Crippen molar-refractivity contribution in [2.45, 2.75) is 71.7 Å². The zero-order chi connectivity index (χ0) is 19.2. The summed E-state index contributed by atoms with van der Waals surface area (Å²) in [5, 5.41) is 0. The third-order valence-corrected chi connectivity index (χ3v) is 7.03. The predicted octanol–water partition coefficient (Wildman–Crippen LogP) is 3.34. The lowest BCUT2D eigenvalue weighted by molar-refractivity contribution is 0.191. The van der Waals surface area contributed by atoms with Crippen molar-refractivity contribution in [3.05, 3.63) is 22.1 Å². The number of nitrogens with zero attached hydrogens (tertiary/aromatic N) is 3. The Labute approximate surface area is 152 Å². The number of hydrogen-bond acceptors (Lipinski definition) is 5. The van der Waals surface area contributed by atoms with Crippen molar-refractivity contribution in [3.63, 3.8) is 0 Å². The molecule has 0 saturated heterocycles. The monoisotopic (exact) mass is 368 g/mol. The Morgan fingerprint density at radius 1 is 1.48 bits per heavy atom. The third kappa shape index (κ3) is 3.76. The minimum absolute atomic E-state index is 0.0716. The molecule has 0 radical (unpaired) electrons. The van der Waals surface area contributed by atoms with Gasteiger partial charge in [-0.3, -0.25) is 14.0 Å². The van der Waals surface area contributed by atoms with Gasteiger partial charge < -0.3 is 9.26 Å². The van der Waals surface area contributed by atoms with Crippen LogP contribution >= 0.6 is 8.30 Å². The molecular weight excluding hydrogens is 337 g/mol. The van der Waals surface area contributed by atoms with E-state index in [4.69, 9.17) is 10.6 Å². The molecule has 25 heavy (non-hydrogen) atoms. The summed E-state index contributed by atoms with van der Waals surface area (Å²) in [5.74, 6) is 0.129. The SMILES string of the molecule is [2H]C1[C@@H](COP(C)N(C(C)C)C(C)C)C[C@@H]2[C@@H]1Oc1nc(=O)c(C)cn12. The topological polar surface area (TPSA) is 56.6 Å². The highest BCUT2D eigenvalue weighted by Crippen LogP contribution is 2.46. The molecule has 0 amide bonds. The minimum Gasteiger partial charge on any atom is -0.459 e. The normalized spacial score (nSPS) is 29.7. The molecule has 1 fully saturated rings. The van der Waals surface area contributed by atoms with Crippen LogP contribution < -0.4 is 10.3 Å². The molecule has 2 heterocycles. The Morgan fingerprint density at radius 3 is 2.80 bits per heavy atom. The number of ether oxygens (including phenoxy) is 1. The summed E-state index contributed by atoms with van der Waals surface area (Å²) < 4.78 is 25.0. The van der Waals surface area contributed by atoms with Crippen molar-refractivity contribution in [3.8, 4) is 6.01 Å². The van der Waals surface area contributed by atoms with Gasteiger partial charge in [0.05, 0.1) is 12.6 Å². The lowest BCUT2D eigenvalue weighted by Crippen LogP contribution is -2.33. The predicted molar refractivity (Wildman–Crippen MR) is 100 cm³/mol. The van der Waals surface area contributed by atoms with Gasteiger partial charge in [0.15, 0.2) is 0 Å². The molecule has 140 valence electrons. The van der Waals surface area contributed by atoms with E-state index in [1.807, 2.05) is 10.8 Å². The van der Waals surface area contributed by atoms with E-state index in [-0.39, 0.29) is 30.0 Å². The number of aromatic nitrogens is 2. The molecule has 1 aliphatic heterocycles. The first kappa shape index (κ1) is 17.4. The van der Waals surface area contributed by atoms with Gasteiger partial charge in [-0.05, 0) is 60.0 Å². The van der Waals surface area contributed by atoms with Crippen molar-refractivity contribution in [1.82, 2.24) is 14.2 Å². The van der Waals surface area contributed by atoms with Crippen LogP contribution in [0.15, 0.2) is 11.0 Å². The fraction of sp³-hybridized carbons (Fsp3) is 0.778. The third-order valence-electron chi connectivity index (χ3n) is 4.93. The fourth-order valence-corrected chi connectivity index (χ4v) is 5.79. The maximum atomic E-state index is 11.7. The van der Waals surface area contributed by atoms with Gasteiger partial charge >= 0.3 is 0 Å². The summed E-state index contributed by atoms with van der Waals surface area (Å²) in [5.41, 5.74) is 0.359.